The van der Waals surface area contributed by atoms with Crippen molar-refractivity contribution in [2.45, 2.75) is 12.1 Å². The van der Waals surface area contributed by atoms with E-state index in [2.05, 4.69) is 15.3 Å². The molecule has 0 saturated heterocycles. The van der Waals surface area contributed by atoms with E-state index in [1.165, 1.54) is 17.8 Å². The topological polar surface area (TPSA) is 74.8 Å². The second kappa shape index (κ2) is 6.66. The summed E-state index contributed by atoms with van der Waals surface area (Å²) >= 11 is 1.20. The Morgan fingerprint density at radius 2 is 2.00 bits per heavy atom. The van der Waals surface area contributed by atoms with Crippen molar-refractivity contribution in [3.8, 4) is 0 Å². The highest BCUT2D eigenvalue weighted by Gasteiger charge is 2.08. The summed E-state index contributed by atoms with van der Waals surface area (Å²) in [4.78, 5) is 30.3. The minimum absolute atomic E-state index is 0.143. The van der Waals surface area contributed by atoms with Crippen LogP contribution < -0.4 is 10.9 Å². The zero-order valence-electron chi connectivity index (χ0n) is 12.5. The maximum atomic E-state index is 12.1. The molecule has 0 unspecified atom stereocenters. The van der Waals surface area contributed by atoms with Crippen LogP contribution in [-0.2, 0) is 4.79 Å². The van der Waals surface area contributed by atoms with Gasteiger partial charge in [-0.25, -0.2) is 4.98 Å². The summed E-state index contributed by atoms with van der Waals surface area (Å²) in [5, 5.41) is 5.42. The van der Waals surface area contributed by atoms with Crippen LogP contribution in [0.3, 0.4) is 0 Å². The van der Waals surface area contributed by atoms with Crippen molar-refractivity contribution in [3.05, 3.63) is 64.6 Å². The number of carbonyl (C=O) groups excluding carboxylic acids is 1. The number of hydrogen-bond acceptors (Lipinski definition) is 4. The fraction of sp³-hybridized carbons (Fsp3) is 0.118. The van der Waals surface area contributed by atoms with Gasteiger partial charge in [0.25, 0.3) is 5.56 Å². The lowest BCUT2D eigenvalue weighted by Gasteiger charge is -2.08. The van der Waals surface area contributed by atoms with Crippen molar-refractivity contribution in [1.82, 2.24) is 9.97 Å². The number of aromatic nitrogens is 2. The molecule has 1 heterocycles. The molecule has 0 aliphatic rings. The molecule has 1 aromatic heterocycles. The Balaban J connectivity index is 1.70. The van der Waals surface area contributed by atoms with Crippen molar-refractivity contribution in [3.63, 3.8) is 0 Å². The van der Waals surface area contributed by atoms with Gasteiger partial charge in [-0.2, -0.15) is 0 Å². The predicted molar refractivity (Wildman–Crippen MR) is 92.9 cm³/mol. The third-order valence-corrected chi connectivity index (χ3v) is 4.13. The van der Waals surface area contributed by atoms with E-state index in [0.29, 0.717) is 10.9 Å². The SMILES string of the molecule is Cc1cc(=O)[nH]c(SCC(=O)Nc2cccc3ccccc23)n1. The summed E-state index contributed by atoms with van der Waals surface area (Å²) in [6, 6.07) is 15.1. The van der Waals surface area contributed by atoms with Crippen molar-refractivity contribution >= 4 is 34.1 Å². The van der Waals surface area contributed by atoms with E-state index in [4.69, 9.17) is 0 Å². The summed E-state index contributed by atoms with van der Waals surface area (Å²) in [7, 11) is 0. The van der Waals surface area contributed by atoms with E-state index in [0.717, 1.165) is 16.5 Å². The minimum atomic E-state index is -0.213. The van der Waals surface area contributed by atoms with Crippen LogP contribution in [0.4, 0.5) is 5.69 Å². The van der Waals surface area contributed by atoms with E-state index < -0.39 is 0 Å². The van der Waals surface area contributed by atoms with E-state index in [1.54, 1.807) is 6.92 Å². The monoisotopic (exact) mass is 325 g/mol. The molecule has 23 heavy (non-hydrogen) atoms. The summed E-state index contributed by atoms with van der Waals surface area (Å²) in [5.74, 6) is 0.0332. The highest BCUT2D eigenvalue weighted by Crippen LogP contribution is 2.23. The van der Waals surface area contributed by atoms with Gasteiger partial charge in [0.15, 0.2) is 5.16 Å². The number of benzene rings is 2. The summed E-state index contributed by atoms with van der Waals surface area (Å²) < 4.78 is 0. The molecule has 3 rings (SSSR count). The van der Waals surface area contributed by atoms with Gasteiger partial charge in [0, 0.05) is 22.8 Å². The Morgan fingerprint density at radius 1 is 1.22 bits per heavy atom. The number of anilines is 1. The predicted octanol–water partition coefficient (Wildman–Crippen LogP) is 2.96. The Labute approximate surface area is 137 Å². The average Bonchev–Trinajstić information content (AvgIpc) is 2.52. The third-order valence-electron chi connectivity index (χ3n) is 3.25. The van der Waals surface area contributed by atoms with E-state index in [9.17, 15) is 9.59 Å². The minimum Gasteiger partial charge on any atom is -0.325 e. The first-order chi connectivity index (χ1) is 11.1. The number of thioether (sulfide) groups is 1. The second-order valence-electron chi connectivity index (χ2n) is 5.06. The standard InChI is InChI=1S/C17H15N3O2S/c1-11-9-15(21)20-17(18-11)23-10-16(22)19-14-8-4-6-12-5-2-3-7-13(12)14/h2-9H,10H2,1H3,(H,19,22)(H,18,20,21). The maximum Gasteiger partial charge on any atom is 0.251 e. The number of H-pyrrole nitrogens is 1. The van der Waals surface area contributed by atoms with Gasteiger partial charge in [0.1, 0.15) is 0 Å². The lowest BCUT2D eigenvalue weighted by atomic mass is 10.1. The molecular formula is C17H15N3O2S. The highest BCUT2D eigenvalue weighted by atomic mass is 32.2. The number of carbonyl (C=O) groups is 1. The van der Waals surface area contributed by atoms with Gasteiger partial charge in [-0.05, 0) is 18.4 Å². The van der Waals surface area contributed by atoms with Crippen LogP contribution in [0.5, 0.6) is 0 Å². The fourth-order valence-corrected chi connectivity index (χ4v) is 3.00. The molecule has 0 aliphatic carbocycles. The molecule has 3 aromatic rings. The molecule has 0 aliphatic heterocycles. The molecule has 116 valence electrons. The Kier molecular flexibility index (Phi) is 4.43. The second-order valence-corrected chi connectivity index (χ2v) is 6.02. The molecule has 0 atom stereocenters. The number of aryl methyl sites for hydroxylation is 1. The fourth-order valence-electron chi connectivity index (χ4n) is 2.27. The number of hydrogen-bond donors (Lipinski definition) is 2. The van der Waals surface area contributed by atoms with E-state index >= 15 is 0 Å². The van der Waals surface area contributed by atoms with Gasteiger partial charge in [-0.3, -0.25) is 9.59 Å². The van der Waals surface area contributed by atoms with Gasteiger partial charge in [0.2, 0.25) is 5.91 Å². The van der Waals surface area contributed by atoms with Gasteiger partial charge >= 0.3 is 0 Å². The molecule has 0 fully saturated rings. The first kappa shape index (κ1) is 15.3. The van der Waals surface area contributed by atoms with Crippen LogP contribution in [0.15, 0.2) is 58.5 Å². The number of rotatable bonds is 4. The number of nitrogens with zero attached hydrogens (tertiary/aromatic N) is 1. The summed E-state index contributed by atoms with van der Waals surface area (Å²) in [5.41, 5.74) is 1.19. The molecule has 5 nitrogen and oxygen atoms in total. The number of nitrogens with one attached hydrogen (secondary N) is 2. The number of amides is 1. The highest BCUT2D eigenvalue weighted by molar-refractivity contribution is 7.99. The Hall–Kier alpha value is -2.60. The van der Waals surface area contributed by atoms with Crippen LogP contribution in [0, 0.1) is 6.92 Å². The zero-order valence-corrected chi connectivity index (χ0v) is 13.3. The largest absolute Gasteiger partial charge is 0.325 e. The van der Waals surface area contributed by atoms with Crippen molar-refractivity contribution in [2.24, 2.45) is 0 Å². The number of fused-ring (bicyclic) bond motifs is 1. The molecule has 2 N–H and O–H groups in total. The average molecular weight is 325 g/mol. The van der Waals surface area contributed by atoms with Crippen molar-refractivity contribution in [2.75, 3.05) is 11.1 Å². The maximum absolute atomic E-state index is 12.1. The first-order valence-corrected chi connectivity index (χ1v) is 8.09. The van der Waals surface area contributed by atoms with Gasteiger partial charge in [-0.1, -0.05) is 48.2 Å². The summed E-state index contributed by atoms with van der Waals surface area (Å²) in [6.07, 6.45) is 0. The summed E-state index contributed by atoms with van der Waals surface area (Å²) in [6.45, 7) is 1.75. The lowest BCUT2D eigenvalue weighted by molar-refractivity contribution is -0.113. The molecule has 0 spiro atoms. The molecule has 1 amide bonds. The zero-order chi connectivity index (χ0) is 16.2. The Morgan fingerprint density at radius 3 is 2.83 bits per heavy atom. The molecule has 6 heteroatoms. The van der Waals surface area contributed by atoms with Gasteiger partial charge in [-0.15, -0.1) is 0 Å². The van der Waals surface area contributed by atoms with Crippen LogP contribution in [0.2, 0.25) is 0 Å². The molecule has 0 radical (unpaired) electrons. The van der Waals surface area contributed by atoms with E-state index in [-0.39, 0.29) is 17.2 Å². The third kappa shape index (κ3) is 3.78. The normalized spacial score (nSPS) is 10.7. The van der Waals surface area contributed by atoms with E-state index in [1.807, 2.05) is 42.5 Å². The van der Waals surface area contributed by atoms with Crippen molar-refractivity contribution in [1.29, 1.82) is 0 Å². The number of aromatic amines is 1. The van der Waals surface area contributed by atoms with Crippen molar-refractivity contribution < 1.29 is 4.79 Å². The molecular weight excluding hydrogens is 310 g/mol. The first-order valence-electron chi connectivity index (χ1n) is 7.10. The van der Waals surface area contributed by atoms with Crippen LogP contribution >= 0.6 is 11.8 Å². The van der Waals surface area contributed by atoms with Gasteiger partial charge < -0.3 is 10.3 Å². The van der Waals surface area contributed by atoms with Crippen LogP contribution in [0.25, 0.3) is 10.8 Å². The smallest absolute Gasteiger partial charge is 0.251 e. The van der Waals surface area contributed by atoms with Gasteiger partial charge in [0.05, 0.1) is 5.75 Å². The lowest BCUT2D eigenvalue weighted by Crippen LogP contribution is -2.15. The Bertz CT molecular complexity index is 916. The van der Waals surface area contributed by atoms with Crippen LogP contribution in [-0.4, -0.2) is 21.6 Å². The molecule has 0 saturated carbocycles. The molecule has 2 aromatic carbocycles. The van der Waals surface area contributed by atoms with Crippen LogP contribution in [0.1, 0.15) is 5.69 Å². The quantitative estimate of drug-likeness (QED) is 0.571. The molecule has 0 bridgehead atoms.